The number of para-hydroxylation sites is 2. The Labute approximate surface area is 378 Å². The van der Waals surface area contributed by atoms with Gasteiger partial charge in [-0.2, -0.15) is 0 Å². The van der Waals surface area contributed by atoms with Gasteiger partial charge in [-0.25, -0.2) is 0 Å². The molecule has 2 heterocycles. The molecule has 0 saturated heterocycles. The van der Waals surface area contributed by atoms with Gasteiger partial charge in [0.25, 0.3) is 0 Å². The van der Waals surface area contributed by atoms with Gasteiger partial charge in [-0.05, 0) is 110 Å². The first-order valence-corrected chi connectivity index (χ1v) is 17.7. The smallest absolute Gasteiger partial charge is 0.160 e. The van der Waals surface area contributed by atoms with Crippen LogP contribution in [0.25, 0.3) is 77.2 Å². The molecule has 0 radical (unpaired) electrons. The number of rotatable bonds is 3. The van der Waals surface area contributed by atoms with E-state index in [0.29, 0.717) is 0 Å². The zero-order chi connectivity index (χ0) is 64.2. The second-order valence-corrected chi connectivity index (χ2v) is 13.7. The lowest BCUT2D eigenvalue weighted by molar-refractivity contribution is 0.141. The van der Waals surface area contributed by atoms with Gasteiger partial charge >= 0.3 is 0 Å². The molecule has 0 amide bonds. The highest BCUT2D eigenvalue weighted by molar-refractivity contribution is 6.11. The summed E-state index contributed by atoms with van der Waals surface area (Å²) in [4.78, 5) is 0.774. The summed E-state index contributed by atoms with van der Waals surface area (Å²) in [6.45, 7) is 1.22. The van der Waals surface area contributed by atoms with Crippen LogP contribution in [0.5, 0.6) is 5.75 Å². The maximum absolute atomic E-state index is 10.3. The summed E-state index contributed by atoms with van der Waals surface area (Å²) < 4.78 is 289. The van der Waals surface area contributed by atoms with E-state index >= 15 is 0 Å². The lowest BCUT2D eigenvalue weighted by Gasteiger charge is -2.28. The Hall–Kier alpha value is -7.36. The molecule has 13 rings (SSSR count). The summed E-state index contributed by atoms with van der Waals surface area (Å²) in [7, 11) is 0. The molecule has 58 heavy (non-hydrogen) atoms. The molecule has 2 aliphatic carbocycles. The summed E-state index contributed by atoms with van der Waals surface area (Å²) in [6, 6.07) is -25.6. The van der Waals surface area contributed by atoms with Gasteiger partial charge in [-0.15, -0.1) is 0 Å². The van der Waals surface area contributed by atoms with Crippen LogP contribution in [0.2, 0.25) is 0 Å². The third-order valence-electron chi connectivity index (χ3n) is 10.7. The van der Waals surface area contributed by atoms with Gasteiger partial charge in [0, 0.05) is 21.9 Å². The third-order valence-corrected chi connectivity index (χ3v) is 10.7. The molecule has 1 unspecified atom stereocenters. The van der Waals surface area contributed by atoms with Crippen LogP contribution in [-0.4, -0.2) is 0 Å². The highest BCUT2D eigenvalue weighted by atomic mass is 16.5. The van der Waals surface area contributed by atoms with Crippen molar-refractivity contribution in [1.29, 1.82) is 0 Å². The molecule has 10 aromatic rings. The van der Waals surface area contributed by atoms with Crippen LogP contribution in [0, 0.1) is 0 Å². The molecule has 1 aromatic heterocycles. The van der Waals surface area contributed by atoms with Gasteiger partial charge in [0.05, 0.1) is 58.2 Å². The number of hydrogen-bond acceptors (Lipinski definition) is 3. The monoisotopic (exact) mass is 771 g/mol. The van der Waals surface area contributed by atoms with Crippen LogP contribution in [0.4, 0.5) is 17.1 Å². The fourth-order valence-corrected chi connectivity index (χ4v) is 8.19. The first kappa shape index (κ1) is 14.5. The largest absolute Gasteiger partial charge is 0.476 e. The number of fused-ring (bicyclic) bond motifs is 9. The normalized spacial score (nSPS) is 23.0. The molecule has 0 bridgehead atoms. The number of benzene rings is 9. The molecule has 0 N–H and O–H groups in total. The number of hydrogen-bond donors (Lipinski definition) is 0. The molecule has 3 nitrogen and oxygen atoms in total. The quantitative estimate of drug-likeness (QED) is 0.179. The summed E-state index contributed by atoms with van der Waals surface area (Å²) in [6.07, 6.45) is -0.647. The zero-order valence-corrected chi connectivity index (χ0v) is 29.5. The van der Waals surface area contributed by atoms with Gasteiger partial charge in [-0.1, -0.05) is 151 Å². The maximum Gasteiger partial charge on any atom is 0.160 e. The second-order valence-electron chi connectivity index (χ2n) is 13.7. The van der Waals surface area contributed by atoms with Crippen molar-refractivity contribution in [3.05, 3.63) is 204 Å². The van der Waals surface area contributed by atoms with Crippen LogP contribution in [-0.2, 0) is 12.0 Å². The Morgan fingerprint density at radius 2 is 1.21 bits per heavy atom. The molecule has 3 heteroatoms. The van der Waals surface area contributed by atoms with Crippen molar-refractivity contribution in [1.82, 2.24) is 0 Å². The van der Waals surface area contributed by atoms with E-state index in [0.717, 1.165) is 4.90 Å². The molecule has 1 aliphatic heterocycles. The highest BCUT2D eigenvalue weighted by Crippen LogP contribution is 2.60. The zero-order valence-electron chi connectivity index (χ0n) is 59.5. The summed E-state index contributed by atoms with van der Waals surface area (Å²) in [5.74, 6) is -0.909. The predicted octanol–water partition coefficient (Wildman–Crippen LogP) is 14.8. The first-order valence-electron chi connectivity index (χ1n) is 32.7. The standard InChI is InChI=1S/C55H35NO2/c1-55-46-20-7-5-14-40(46)44-18-10-21-48(53(44)55)56(49-22-11-19-45-41-15-6-8-23-50(41)57-54(45)49)47-29-26-35(32-51(47)58-55)34-24-27-39-37(30-34)31-36-25-28-38(33-12-3-2-4-13-33)42-16-9-17-43(39)52(36)42/h2-30,32H,31H2,1H3/i2D,3D,4D,5D,6D,7D,8D,9D,10D,11D,12D,13D,14D,15D,16D,17D,18D,19D,20D,21D,22D,23D,24D,25D,26D,27D,28D,29D,30D,32D. The average molecular weight is 772 g/mol. The van der Waals surface area contributed by atoms with Gasteiger partial charge < -0.3 is 14.1 Å². The van der Waals surface area contributed by atoms with Crippen molar-refractivity contribution in [2.24, 2.45) is 0 Å². The highest BCUT2D eigenvalue weighted by Gasteiger charge is 2.47. The summed E-state index contributed by atoms with van der Waals surface area (Å²) in [5, 5.41) is -1.62. The topological polar surface area (TPSA) is 25.6 Å². The SMILES string of the molecule is [2H]c1c([2H])c([2H])c(-c2c([2H])c([2H])c3c4c(c([2H])c([2H])c([2H])c24)-c2c([2H])c([2H])c(-c4c([2H])c([2H])c5c(c4[2H])OC4(C)c6c([2H])c([2H])c([2H])c([2H])c6-c6c([2H])c([2H])c([2H])c(c64)N5c4c([2H])c([2H])c([2H])c5c4oc4c([2H])c([2H])c([2H])c([2H])c45)c([2H])c2C3)c([2H])c1[2H]. The molecule has 0 spiro atoms. The molecule has 272 valence electrons. The van der Waals surface area contributed by atoms with Crippen molar-refractivity contribution >= 4 is 49.8 Å². The van der Waals surface area contributed by atoms with Crippen LogP contribution in [0.1, 0.15) is 70.3 Å². The Morgan fingerprint density at radius 3 is 2.16 bits per heavy atom. The van der Waals surface area contributed by atoms with Crippen molar-refractivity contribution in [3.8, 4) is 50.3 Å². The molecule has 3 aliphatic rings. The van der Waals surface area contributed by atoms with Gasteiger partial charge in [0.1, 0.15) is 11.3 Å². The molecular formula is C55H35NO2. The molecule has 0 saturated carbocycles. The summed E-state index contributed by atoms with van der Waals surface area (Å²) in [5.41, 5.74) is -11.9. The minimum atomic E-state index is -2.49. The average Bonchev–Trinajstić information content (AvgIpc) is 1.40. The van der Waals surface area contributed by atoms with Crippen LogP contribution >= 0.6 is 0 Å². The Bertz CT molecular complexity index is 5100. The predicted molar refractivity (Wildman–Crippen MR) is 238 cm³/mol. The van der Waals surface area contributed by atoms with Gasteiger partial charge in [0.15, 0.2) is 11.2 Å². The Morgan fingerprint density at radius 1 is 0.500 bits per heavy atom. The third kappa shape index (κ3) is 4.28. The first-order chi connectivity index (χ1) is 41.1. The lowest BCUT2D eigenvalue weighted by Crippen LogP contribution is -2.28. The van der Waals surface area contributed by atoms with E-state index in [1.165, 1.54) is 6.92 Å². The number of ether oxygens (including phenoxy) is 1. The fourth-order valence-electron chi connectivity index (χ4n) is 8.19. The van der Waals surface area contributed by atoms with Gasteiger partial charge in [-0.3, -0.25) is 0 Å². The minimum Gasteiger partial charge on any atom is -0.476 e. The van der Waals surface area contributed by atoms with Crippen molar-refractivity contribution < 1.29 is 50.3 Å². The van der Waals surface area contributed by atoms with Gasteiger partial charge in [0.2, 0.25) is 0 Å². The van der Waals surface area contributed by atoms with Crippen molar-refractivity contribution in [3.63, 3.8) is 0 Å². The van der Waals surface area contributed by atoms with Crippen molar-refractivity contribution in [2.45, 2.75) is 18.9 Å². The summed E-state index contributed by atoms with van der Waals surface area (Å²) >= 11 is 0. The second kappa shape index (κ2) is 11.6. The minimum absolute atomic E-state index is 0.209. The van der Waals surface area contributed by atoms with Crippen LogP contribution < -0.4 is 9.64 Å². The molecule has 0 fully saturated rings. The van der Waals surface area contributed by atoms with E-state index in [2.05, 4.69) is 0 Å². The maximum atomic E-state index is 10.3. The van der Waals surface area contributed by atoms with E-state index in [-0.39, 0.29) is 16.5 Å². The number of nitrogens with zero attached hydrogens (tertiary/aromatic N) is 1. The Kier molecular flexibility index (Phi) is 2.91. The fraction of sp³-hybridized carbons (Fsp3) is 0.0545. The molecule has 9 aromatic carbocycles. The van der Waals surface area contributed by atoms with Crippen molar-refractivity contribution in [2.75, 3.05) is 4.90 Å². The van der Waals surface area contributed by atoms with E-state index < -0.39 is 299 Å². The van der Waals surface area contributed by atoms with Crippen LogP contribution in [0.15, 0.2) is 186 Å². The van der Waals surface area contributed by atoms with E-state index in [1.807, 2.05) is 0 Å². The lowest BCUT2D eigenvalue weighted by atomic mass is 9.81. The number of anilines is 3. The van der Waals surface area contributed by atoms with E-state index in [1.54, 1.807) is 0 Å². The van der Waals surface area contributed by atoms with E-state index in [4.69, 9.17) is 28.3 Å². The van der Waals surface area contributed by atoms with E-state index in [9.17, 15) is 21.9 Å². The van der Waals surface area contributed by atoms with Crippen LogP contribution in [0.3, 0.4) is 0 Å². The number of furan rings is 1. The Balaban J connectivity index is 1.17. The molecule has 1 atom stereocenters. The molecular weight excluding hydrogens is 707 g/mol.